The van der Waals surface area contributed by atoms with Gasteiger partial charge < -0.3 is 40.1 Å². The van der Waals surface area contributed by atoms with Crippen molar-refractivity contribution in [3.8, 4) is 5.75 Å². The van der Waals surface area contributed by atoms with Crippen LogP contribution in [0.25, 0.3) is 0 Å². The van der Waals surface area contributed by atoms with Crippen molar-refractivity contribution in [1.29, 1.82) is 0 Å². The number of nitrogens with zero attached hydrogens (tertiary/aromatic N) is 3. The fraction of sp³-hybridized carbons (Fsp3) is 0.600. The lowest BCUT2D eigenvalue weighted by molar-refractivity contribution is -0.134. The van der Waals surface area contributed by atoms with Crippen molar-refractivity contribution in [1.82, 2.24) is 20.3 Å². The number of aryl methyl sites for hydroxylation is 2. The number of carbonyl (C=O) groups excluding carboxylic acids is 3. The van der Waals surface area contributed by atoms with Crippen molar-refractivity contribution in [3.63, 3.8) is 0 Å². The van der Waals surface area contributed by atoms with Crippen molar-refractivity contribution >= 4 is 29.3 Å². The summed E-state index contributed by atoms with van der Waals surface area (Å²) >= 11 is 0. The molecule has 230 valence electrons. The average molecular weight is 585 g/mol. The Morgan fingerprint density at radius 3 is 2.60 bits per heavy atom. The molecule has 5 amide bonds. The Morgan fingerprint density at radius 1 is 1.19 bits per heavy atom. The van der Waals surface area contributed by atoms with E-state index in [1.54, 1.807) is 55.8 Å². The number of carbonyl (C=O) groups is 3. The SMILES string of the molecule is Cc1noc(C)c1NC(=O)Nc1ccc2c(c1)CC(=O)N([C@H](C)CO)C[C@H](C)[C@@H](CN(C)C(=O)NC1CCCCC1)O2. The van der Waals surface area contributed by atoms with Crippen LogP contribution in [0.2, 0.25) is 0 Å². The fourth-order valence-electron chi connectivity index (χ4n) is 5.55. The largest absolute Gasteiger partial charge is 0.488 e. The number of aliphatic hydroxyl groups excluding tert-OH is 1. The third-order valence-electron chi connectivity index (χ3n) is 8.18. The summed E-state index contributed by atoms with van der Waals surface area (Å²) in [5.41, 5.74) is 2.13. The van der Waals surface area contributed by atoms with Gasteiger partial charge >= 0.3 is 12.1 Å². The third-order valence-corrected chi connectivity index (χ3v) is 8.18. The Kier molecular flexibility index (Phi) is 10.3. The highest BCUT2D eigenvalue weighted by Crippen LogP contribution is 2.30. The highest BCUT2D eigenvalue weighted by Gasteiger charge is 2.32. The van der Waals surface area contributed by atoms with Crippen LogP contribution in [-0.2, 0) is 11.2 Å². The van der Waals surface area contributed by atoms with E-state index < -0.39 is 18.2 Å². The molecule has 0 bridgehead atoms. The minimum atomic E-state index is -0.479. The zero-order valence-electron chi connectivity index (χ0n) is 25.2. The lowest BCUT2D eigenvalue weighted by atomic mass is 9.96. The molecule has 3 atom stereocenters. The molecule has 0 unspecified atom stereocenters. The predicted octanol–water partition coefficient (Wildman–Crippen LogP) is 4.06. The quantitative estimate of drug-likeness (QED) is 0.383. The molecule has 4 N–H and O–H groups in total. The fourth-order valence-corrected chi connectivity index (χ4v) is 5.55. The topological polar surface area (TPSA) is 149 Å². The number of anilines is 2. The number of aliphatic hydroxyl groups is 1. The molecule has 4 rings (SSSR count). The molecule has 1 aliphatic carbocycles. The van der Waals surface area contributed by atoms with Crippen LogP contribution < -0.4 is 20.7 Å². The molecule has 0 radical (unpaired) electrons. The van der Waals surface area contributed by atoms with Crippen LogP contribution in [0, 0.1) is 19.8 Å². The maximum Gasteiger partial charge on any atom is 0.323 e. The summed E-state index contributed by atoms with van der Waals surface area (Å²) in [6, 6.07) is 4.34. The first-order valence-corrected chi connectivity index (χ1v) is 14.8. The van der Waals surface area contributed by atoms with Gasteiger partial charge in [0.1, 0.15) is 23.2 Å². The third kappa shape index (κ3) is 7.72. The average Bonchev–Trinajstić information content (AvgIpc) is 3.29. The first-order chi connectivity index (χ1) is 20.0. The van der Waals surface area contributed by atoms with Gasteiger partial charge in [0.2, 0.25) is 5.91 Å². The molecule has 42 heavy (non-hydrogen) atoms. The number of nitrogens with one attached hydrogen (secondary N) is 3. The van der Waals surface area contributed by atoms with E-state index in [0.717, 1.165) is 25.7 Å². The van der Waals surface area contributed by atoms with Gasteiger partial charge in [0.05, 0.1) is 25.6 Å². The van der Waals surface area contributed by atoms with E-state index in [9.17, 15) is 19.5 Å². The van der Waals surface area contributed by atoms with Crippen molar-refractivity contribution in [2.24, 2.45) is 5.92 Å². The number of hydrogen-bond acceptors (Lipinski definition) is 7. The van der Waals surface area contributed by atoms with E-state index in [1.165, 1.54) is 6.42 Å². The van der Waals surface area contributed by atoms with E-state index in [0.29, 0.717) is 47.2 Å². The molecular weight excluding hydrogens is 540 g/mol. The molecule has 12 nitrogen and oxygen atoms in total. The summed E-state index contributed by atoms with van der Waals surface area (Å²) < 4.78 is 11.6. The predicted molar refractivity (Wildman–Crippen MR) is 159 cm³/mol. The van der Waals surface area contributed by atoms with Crippen LogP contribution >= 0.6 is 0 Å². The second-order valence-corrected chi connectivity index (χ2v) is 11.7. The minimum absolute atomic E-state index is 0.0259. The Balaban J connectivity index is 1.54. The zero-order valence-corrected chi connectivity index (χ0v) is 25.2. The van der Waals surface area contributed by atoms with Crippen LogP contribution in [0.4, 0.5) is 21.0 Å². The number of amides is 5. The Morgan fingerprint density at radius 2 is 1.93 bits per heavy atom. The summed E-state index contributed by atoms with van der Waals surface area (Å²) in [4.78, 5) is 42.6. The molecule has 1 saturated carbocycles. The molecule has 1 aromatic heterocycles. The molecule has 2 heterocycles. The monoisotopic (exact) mass is 584 g/mol. The molecule has 1 aliphatic heterocycles. The van der Waals surface area contributed by atoms with Gasteiger partial charge in [-0.05, 0) is 51.8 Å². The molecule has 2 aromatic rings. The van der Waals surface area contributed by atoms with E-state index in [4.69, 9.17) is 9.26 Å². The smallest absolute Gasteiger partial charge is 0.323 e. The number of benzene rings is 1. The molecule has 0 saturated heterocycles. The summed E-state index contributed by atoms with van der Waals surface area (Å²) in [7, 11) is 1.76. The van der Waals surface area contributed by atoms with Gasteiger partial charge in [-0.2, -0.15) is 0 Å². The van der Waals surface area contributed by atoms with E-state index >= 15 is 0 Å². The Hall–Kier alpha value is -3.80. The van der Waals surface area contributed by atoms with Crippen molar-refractivity contribution in [3.05, 3.63) is 35.2 Å². The van der Waals surface area contributed by atoms with E-state index in [-0.39, 0.29) is 36.9 Å². The normalized spacial score (nSPS) is 20.3. The van der Waals surface area contributed by atoms with Gasteiger partial charge in [0, 0.05) is 36.8 Å². The number of urea groups is 2. The van der Waals surface area contributed by atoms with Crippen LogP contribution in [0.15, 0.2) is 22.7 Å². The van der Waals surface area contributed by atoms with Gasteiger partial charge in [-0.25, -0.2) is 9.59 Å². The van der Waals surface area contributed by atoms with Gasteiger partial charge in [-0.15, -0.1) is 0 Å². The van der Waals surface area contributed by atoms with Gasteiger partial charge in [0.15, 0.2) is 5.76 Å². The number of fused-ring (bicyclic) bond motifs is 1. The maximum absolute atomic E-state index is 13.5. The number of hydrogen-bond donors (Lipinski definition) is 4. The minimum Gasteiger partial charge on any atom is -0.488 e. The zero-order chi connectivity index (χ0) is 30.4. The summed E-state index contributed by atoms with van der Waals surface area (Å²) in [5, 5.41) is 22.4. The van der Waals surface area contributed by atoms with E-state index in [2.05, 4.69) is 21.1 Å². The molecule has 12 heteroatoms. The molecule has 1 fully saturated rings. The van der Waals surface area contributed by atoms with Crippen molar-refractivity contribution in [2.45, 2.75) is 84.4 Å². The molecule has 0 spiro atoms. The Bertz CT molecular complexity index is 1240. The summed E-state index contributed by atoms with van der Waals surface area (Å²) in [6.45, 7) is 7.74. The van der Waals surface area contributed by atoms with Crippen LogP contribution in [0.1, 0.15) is 63.0 Å². The number of aromatic nitrogens is 1. The molecule has 1 aromatic carbocycles. The van der Waals surface area contributed by atoms with Crippen LogP contribution in [0.3, 0.4) is 0 Å². The summed E-state index contributed by atoms with van der Waals surface area (Å²) in [6.07, 6.45) is 5.04. The number of likely N-dealkylation sites (N-methyl/N-ethyl adjacent to an activating group) is 1. The lowest BCUT2D eigenvalue weighted by Gasteiger charge is -2.34. The Labute approximate surface area is 247 Å². The second kappa shape index (κ2) is 13.9. The first-order valence-electron chi connectivity index (χ1n) is 14.8. The van der Waals surface area contributed by atoms with Crippen LogP contribution in [0.5, 0.6) is 5.75 Å². The summed E-state index contributed by atoms with van der Waals surface area (Å²) in [5.74, 6) is 0.704. The number of ether oxygens (including phenoxy) is 1. The second-order valence-electron chi connectivity index (χ2n) is 11.7. The van der Waals surface area contributed by atoms with Crippen LogP contribution in [-0.4, -0.2) is 83.0 Å². The molecule has 2 aliphatic rings. The highest BCUT2D eigenvalue weighted by atomic mass is 16.5. The van der Waals surface area contributed by atoms with Crippen molar-refractivity contribution in [2.75, 3.05) is 37.4 Å². The highest BCUT2D eigenvalue weighted by molar-refractivity contribution is 6.00. The number of rotatable bonds is 7. The van der Waals surface area contributed by atoms with Gasteiger partial charge in [-0.1, -0.05) is 31.3 Å². The lowest BCUT2D eigenvalue weighted by Crippen LogP contribution is -2.50. The first kappa shape index (κ1) is 31.1. The van der Waals surface area contributed by atoms with Gasteiger partial charge in [0.25, 0.3) is 0 Å². The maximum atomic E-state index is 13.5. The van der Waals surface area contributed by atoms with Crippen molar-refractivity contribution < 1.29 is 28.8 Å². The van der Waals surface area contributed by atoms with Gasteiger partial charge in [-0.3, -0.25) is 4.79 Å². The van der Waals surface area contributed by atoms with E-state index in [1.807, 2.05) is 6.92 Å². The molecular formula is C30H44N6O6. The standard InChI is InChI=1S/C30H44N6O6/c1-18-15-36(19(2)17-37)27(38)14-22-13-24(31-29(39)33-28-20(3)34-42-21(28)4)11-12-25(22)41-26(18)16-35(5)30(40)32-23-9-7-6-8-10-23/h11-13,18-19,23,26,37H,6-10,14-17H2,1-5H3,(H,32,40)(H2,31,33,39)/t18-,19+,26+/m0/s1.